The Labute approximate surface area is 355 Å². The number of nitrogens with zero attached hydrogens (tertiary/aromatic N) is 2. The van der Waals surface area contributed by atoms with Gasteiger partial charge in [-0.25, -0.2) is 0 Å². The van der Waals surface area contributed by atoms with Gasteiger partial charge in [-0.15, -0.1) is 0 Å². The van der Waals surface area contributed by atoms with E-state index < -0.39 is 0 Å². The first kappa shape index (κ1) is 35.0. The average molecular weight is 777 g/mol. The molecular formula is C59H40N2. The molecule has 2 heteroatoms. The Morgan fingerprint density at radius 2 is 0.770 bits per heavy atom. The van der Waals surface area contributed by atoms with Crippen molar-refractivity contribution >= 4 is 49.6 Å². The van der Waals surface area contributed by atoms with Crippen LogP contribution >= 0.6 is 0 Å². The molecule has 61 heavy (non-hydrogen) atoms. The molecular weight excluding hydrogens is 737 g/mol. The first-order valence-corrected chi connectivity index (χ1v) is 21.1. The van der Waals surface area contributed by atoms with Crippen molar-refractivity contribution in [2.24, 2.45) is 0 Å². The monoisotopic (exact) mass is 776 g/mol. The summed E-state index contributed by atoms with van der Waals surface area (Å²) in [7, 11) is 0. The molecule has 11 aromatic rings. The van der Waals surface area contributed by atoms with E-state index in [0.29, 0.717) is 0 Å². The summed E-state index contributed by atoms with van der Waals surface area (Å²) in [5.41, 5.74) is 19.6. The molecule has 1 aliphatic heterocycles. The number of para-hydroxylation sites is 1. The maximum Gasteiger partial charge on any atom is 0.0541 e. The largest absolute Gasteiger partial charge is 0.310 e. The van der Waals surface area contributed by atoms with Gasteiger partial charge < -0.3 is 9.47 Å². The molecule has 0 atom stereocenters. The SMILES string of the molecule is c1ccc(-c2ccc3c(c2)c2cc(-c4ccccc4)ccc2n3-c2ccc(-c3ccc4c(c3)Cc3cc(-c5cccc6ccccc56)ccc3N4c3ccccc3)cc2)cc1. The first-order chi connectivity index (χ1) is 30.2. The third-order valence-electron chi connectivity index (χ3n) is 12.6. The van der Waals surface area contributed by atoms with E-state index in [2.05, 4.69) is 240 Å². The van der Waals surface area contributed by atoms with E-state index >= 15 is 0 Å². The number of anilines is 3. The Morgan fingerprint density at radius 3 is 1.41 bits per heavy atom. The summed E-state index contributed by atoms with van der Waals surface area (Å²) >= 11 is 0. The van der Waals surface area contributed by atoms with Crippen molar-refractivity contribution in [2.75, 3.05) is 4.90 Å². The highest BCUT2D eigenvalue weighted by Gasteiger charge is 2.25. The minimum Gasteiger partial charge on any atom is -0.310 e. The van der Waals surface area contributed by atoms with E-state index in [1.165, 1.54) is 99.6 Å². The van der Waals surface area contributed by atoms with Gasteiger partial charge in [0, 0.05) is 39.9 Å². The standard InChI is InChI=1S/C59H40N2/c1-4-13-40(14-5-1)45-26-33-58-54(38-45)55-39-46(41-15-6-2-7-16-41)27-34-59(55)61(58)51-29-23-42(24-30-51)44-25-31-56-48(35-44)37-49-36-47(53-22-12-18-43-17-10-11-21-52(43)53)28-32-57(49)60(56)50-19-8-3-9-20-50/h1-36,38-39H,37H2. The van der Waals surface area contributed by atoms with Crippen molar-refractivity contribution in [1.29, 1.82) is 0 Å². The molecule has 0 N–H and O–H groups in total. The lowest BCUT2D eigenvalue weighted by Gasteiger charge is -2.34. The van der Waals surface area contributed by atoms with Gasteiger partial charge in [0.05, 0.1) is 11.0 Å². The van der Waals surface area contributed by atoms with Crippen molar-refractivity contribution in [3.8, 4) is 50.2 Å². The molecule has 0 bridgehead atoms. The second-order valence-electron chi connectivity index (χ2n) is 16.1. The second kappa shape index (κ2) is 14.4. The molecule has 286 valence electrons. The number of hydrogen-bond donors (Lipinski definition) is 0. The molecule has 0 unspecified atom stereocenters. The Bertz CT molecular complexity index is 3320. The quantitative estimate of drug-likeness (QED) is 0.163. The Balaban J connectivity index is 0.943. The van der Waals surface area contributed by atoms with Crippen molar-refractivity contribution in [1.82, 2.24) is 4.57 Å². The highest BCUT2D eigenvalue weighted by atomic mass is 15.2. The number of benzene rings is 10. The molecule has 12 rings (SSSR count). The van der Waals surface area contributed by atoms with Crippen molar-refractivity contribution in [3.05, 3.63) is 242 Å². The summed E-state index contributed by atoms with van der Waals surface area (Å²) in [5.74, 6) is 0. The van der Waals surface area contributed by atoms with Crippen LogP contribution in [0.2, 0.25) is 0 Å². The summed E-state index contributed by atoms with van der Waals surface area (Å²) in [6, 6.07) is 84.5. The lowest BCUT2D eigenvalue weighted by molar-refractivity contribution is 1.09. The number of fused-ring (bicyclic) bond motifs is 6. The van der Waals surface area contributed by atoms with Gasteiger partial charge >= 0.3 is 0 Å². The van der Waals surface area contributed by atoms with Crippen LogP contribution in [0.5, 0.6) is 0 Å². The summed E-state index contributed by atoms with van der Waals surface area (Å²) in [6.45, 7) is 0. The normalized spacial score (nSPS) is 12.2. The van der Waals surface area contributed by atoms with Gasteiger partial charge in [0.15, 0.2) is 0 Å². The second-order valence-corrected chi connectivity index (χ2v) is 16.1. The summed E-state index contributed by atoms with van der Waals surface area (Å²) in [6.07, 6.45) is 0.857. The molecule has 0 spiro atoms. The van der Waals surface area contributed by atoms with Gasteiger partial charge in [0.25, 0.3) is 0 Å². The molecule has 1 aliphatic rings. The third kappa shape index (κ3) is 6.03. The fourth-order valence-corrected chi connectivity index (χ4v) is 9.63. The molecule has 2 heterocycles. The highest BCUT2D eigenvalue weighted by Crippen LogP contribution is 2.46. The van der Waals surface area contributed by atoms with Crippen LogP contribution in [0.15, 0.2) is 231 Å². The molecule has 0 fully saturated rings. The lowest BCUT2D eigenvalue weighted by atomic mass is 9.89. The van der Waals surface area contributed by atoms with Crippen molar-refractivity contribution in [3.63, 3.8) is 0 Å². The van der Waals surface area contributed by atoms with E-state index in [4.69, 9.17) is 0 Å². The van der Waals surface area contributed by atoms with Gasteiger partial charge in [-0.05, 0) is 139 Å². The first-order valence-electron chi connectivity index (χ1n) is 21.1. The Kier molecular flexibility index (Phi) is 8.28. The maximum atomic E-state index is 2.43. The van der Waals surface area contributed by atoms with E-state index in [0.717, 1.165) is 17.8 Å². The van der Waals surface area contributed by atoms with Gasteiger partial charge in [0.2, 0.25) is 0 Å². The predicted octanol–water partition coefficient (Wildman–Crippen LogP) is 16.0. The van der Waals surface area contributed by atoms with Gasteiger partial charge in [0.1, 0.15) is 0 Å². The summed E-state index contributed by atoms with van der Waals surface area (Å²) < 4.78 is 2.42. The molecule has 0 amide bonds. The molecule has 0 aliphatic carbocycles. The van der Waals surface area contributed by atoms with Crippen LogP contribution in [0.3, 0.4) is 0 Å². The number of rotatable bonds is 6. The van der Waals surface area contributed by atoms with Crippen molar-refractivity contribution in [2.45, 2.75) is 6.42 Å². The van der Waals surface area contributed by atoms with Crippen LogP contribution in [0.25, 0.3) is 82.8 Å². The highest BCUT2D eigenvalue weighted by molar-refractivity contribution is 6.11. The zero-order valence-corrected chi connectivity index (χ0v) is 33.5. The van der Waals surface area contributed by atoms with E-state index in [1.54, 1.807) is 0 Å². The molecule has 0 saturated carbocycles. The van der Waals surface area contributed by atoms with E-state index in [-0.39, 0.29) is 0 Å². The summed E-state index contributed by atoms with van der Waals surface area (Å²) in [5, 5.41) is 5.04. The Morgan fingerprint density at radius 1 is 0.295 bits per heavy atom. The zero-order valence-electron chi connectivity index (χ0n) is 33.5. The number of aromatic nitrogens is 1. The average Bonchev–Trinajstić information content (AvgIpc) is 3.66. The van der Waals surface area contributed by atoms with Crippen molar-refractivity contribution < 1.29 is 0 Å². The summed E-state index contributed by atoms with van der Waals surface area (Å²) in [4.78, 5) is 2.43. The van der Waals surface area contributed by atoms with E-state index in [1.807, 2.05) is 0 Å². The minimum absolute atomic E-state index is 0.857. The topological polar surface area (TPSA) is 8.17 Å². The fraction of sp³-hybridized carbons (Fsp3) is 0.0169. The molecule has 2 nitrogen and oxygen atoms in total. The number of hydrogen-bond acceptors (Lipinski definition) is 1. The fourth-order valence-electron chi connectivity index (χ4n) is 9.63. The van der Waals surface area contributed by atoms with Gasteiger partial charge in [-0.2, -0.15) is 0 Å². The maximum absolute atomic E-state index is 2.43. The minimum atomic E-state index is 0.857. The van der Waals surface area contributed by atoms with Gasteiger partial charge in [-0.1, -0.05) is 158 Å². The zero-order chi connectivity index (χ0) is 40.3. The molecule has 1 aromatic heterocycles. The molecule has 10 aromatic carbocycles. The van der Waals surface area contributed by atoms with Crippen LogP contribution in [0, 0.1) is 0 Å². The van der Waals surface area contributed by atoms with Crippen LogP contribution in [0.4, 0.5) is 17.1 Å². The van der Waals surface area contributed by atoms with Crippen LogP contribution < -0.4 is 4.90 Å². The van der Waals surface area contributed by atoms with E-state index in [9.17, 15) is 0 Å². The third-order valence-corrected chi connectivity index (χ3v) is 12.6. The smallest absolute Gasteiger partial charge is 0.0541 e. The van der Waals surface area contributed by atoms with Gasteiger partial charge in [-0.3, -0.25) is 0 Å². The van der Waals surface area contributed by atoms with Crippen LogP contribution in [-0.4, -0.2) is 4.57 Å². The van der Waals surface area contributed by atoms with Crippen LogP contribution in [-0.2, 0) is 6.42 Å². The van der Waals surface area contributed by atoms with Crippen LogP contribution in [0.1, 0.15) is 11.1 Å². The molecule has 0 saturated heterocycles. The Hall–Kier alpha value is -7.94. The predicted molar refractivity (Wildman–Crippen MR) is 258 cm³/mol. The molecule has 0 radical (unpaired) electrons. The lowest BCUT2D eigenvalue weighted by Crippen LogP contribution is -2.18.